The van der Waals surface area contributed by atoms with Crippen molar-refractivity contribution in [2.24, 2.45) is 0 Å². The van der Waals surface area contributed by atoms with Gasteiger partial charge in [0.15, 0.2) is 5.76 Å². The SMILES string of the molecule is O=C1N/C(=C\c2ccccc2)C(=O)C(O)=C1c1ccccc1. The van der Waals surface area contributed by atoms with Gasteiger partial charge in [0.05, 0.1) is 11.3 Å². The molecule has 4 nitrogen and oxygen atoms in total. The third-order valence-electron chi connectivity index (χ3n) is 3.34. The zero-order chi connectivity index (χ0) is 15.5. The van der Waals surface area contributed by atoms with E-state index in [9.17, 15) is 14.7 Å². The van der Waals surface area contributed by atoms with Crippen LogP contribution >= 0.6 is 0 Å². The van der Waals surface area contributed by atoms with Gasteiger partial charge in [0.2, 0.25) is 5.78 Å². The molecule has 1 heterocycles. The van der Waals surface area contributed by atoms with Gasteiger partial charge in [-0.2, -0.15) is 0 Å². The highest BCUT2D eigenvalue weighted by Crippen LogP contribution is 2.24. The van der Waals surface area contributed by atoms with Gasteiger partial charge in [-0.15, -0.1) is 0 Å². The normalized spacial score (nSPS) is 16.8. The lowest BCUT2D eigenvalue weighted by molar-refractivity contribution is -0.120. The Morgan fingerprint density at radius 1 is 0.864 bits per heavy atom. The van der Waals surface area contributed by atoms with Crippen molar-refractivity contribution in [3.8, 4) is 0 Å². The minimum atomic E-state index is -0.595. The zero-order valence-electron chi connectivity index (χ0n) is 11.6. The molecule has 3 rings (SSSR count). The van der Waals surface area contributed by atoms with Crippen molar-refractivity contribution in [1.29, 1.82) is 0 Å². The first-order valence-corrected chi connectivity index (χ1v) is 6.78. The second-order valence-corrected chi connectivity index (χ2v) is 4.84. The second kappa shape index (κ2) is 5.69. The molecule has 2 aromatic carbocycles. The Morgan fingerprint density at radius 2 is 1.45 bits per heavy atom. The van der Waals surface area contributed by atoms with Crippen molar-refractivity contribution in [1.82, 2.24) is 5.32 Å². The van der Waals surface area contributed by atoms with Gasteiger partial charge in [-0.3, -0.25) is 9.59 Å². The molecule has 1 amide bonds. The fourth-order valence-electron chi connectivity index (χ4n) is 2.28. The quantitative estimate of drug-likeness (QED) is 0.836. The molecule has 1 aliphatic heterocycles. The number of carbonyl (C=O) groups excluding carboxylic acids is 2. The second-order valence-electron chi connectivity index (χ2n) is 4.84. The van der Waals surface area contributed by atoms with Crippen molar-refractivity contribution in [2.75, 3.05) is 0 Å². The summed E-state index contributed by atoms with van der Waals surface area (Å²) in [6, 6.07) is 17.7. The summed E-state index contributed by atoms with van der Waals surface area (Å²) in [6.45, 7) is 0. The van der Waals surface area contributed by atoms with Crippen LogP contribution in [0.3, 0.4) is 0 Å². The fourth-order valence-corrected chi connectivity index (χ4v) is 2.28. The molecule has 2 aromatic rings. The fraction of sp³-hybridized carbons (Fsp3) is 0. The number of benzene rings is 2. The minimum absolute atomic E-state index is 0.00388. The highest BCUT2D eigenvalue weighted by molar-refractivity contribution is 6.33. The van der Waals surface area contributed by atoms with Crippen molar-refractivity contribution in [3.05, 3.63) is 83.2 Å². The van der Waals surface area contributed by atoms with Crippen LogP contribution in [0.4, 0.5) is 0 Å². The maximum absolute atomic E-state index is 12.3. The van der Waals surface area contributed by atoms with Crippen LogP contribution in [0.15, 0.2) is 72.1 Å². The van der Waals surface area contributed by atoms with Crippen LogP contribution in [-0.4, -0.2) is 16.8 Å². The van der Waals surface area contributed by atoms with Gasteiger partial charge in [0.1, 0.15) is 0 Å². The number of carbonyl (C=O) groups is 2. The molecule has 108 valence electrons. The van der Waals surface area contributed by atoms with Crippen molar-refractivity contribution in [3.63, 3.8) is 0 Å². The number of hydrogen-bond donors (Lipinski definition) is 2. The van der Waals surface area contributed by atoms with Crippen LogP contribution in [0.5, 0.6) is 0 Å². The summed E-state index contributed by atoms with van der Waals surface area (Å²) < 4.78 is 0. The van der Waals surface area contributed by atoms with Gasteiger partial charge < -0.3 is 10.4 Å². The van der Waals surface area contributed by atoms with E-state index >= 15 is 0 Å². The molecule has 1 aliphatic rings. The average molecular weight is 291 g/mol. The Morgan fingerprint density at radius 3 is 2.09 bits per heavy atom. The van der Waals surface area contributed by atoms with Gasteiger partial charge in [-0.05, 0) is 17.2 Å². The number of amides is 1. The highest BCUT2D eigenvalue weighted by Gasteiger charge is 2.31. The average Bonchev–Trinajstić information content (AvgIpc) is 2.54. The largest absolute Gasteiger partial charge is 0.503 e. The number of aliphatic hydroxyl groups is 1. The first-order valence-electron chi connectivity index (χ1n) is 6.78. The molecule has 0 spiro atoms. The lowest BCUT2D eigenvalue weighted by Gasteiger charge is -2.18. The van der Waals surface area contributed by atoms with Gasteiger partial charge >= 0.3 is 0 Å². The van der Waals surface area contributed by atoms with Crippen molar-refractivity contribution >= 4 is 23.3 Å². The number of aliphatic hydroxyl groups excluding tert-OH is 1. The molecule has 0 aromatic heterocycles. The van der Waals surface area contributed by atoms with Gasteiger partial charge in [-0.1, -0.05) is 60.7 Å². The van der Waals surface area contributed by atoms with Crippen molar-refractivity contribution in [2.45, 2.75) is 0 Å². The van der Waals surface area contributed by atoms with E-state index in [0.717, 1.165) is 5.56 Å². The van der Waals surface area contributed by atoms with E-state index in [-0.39, 0.29) is 11.3 Å². The molecule has 0 radical (unpaired) electrons. The van der Waals surface area contributed by atoms with Gasteiger partial charge in [0, 0.05) is 0 Å². The van der Waals surface area contributed by atoms with Crippen LogP contribution < -0.4 is 5.32 Å². The number of Topliss-reactive ketones (excluding diaryl/α,β-unsaturated/α-hetero) is 1. The number of ketones is 1. The van der Waals surface area contributed by atoms with E-state index in [4.69, 9.17) is 0 Å². The van der Waals surface area contributed by atoms with E-state index < -0.39 is 17.4 Å². The summed E-state index contributed by atoms with van der Waals surface area (Å²) in [5, 5.41) is 12.7. The summed E-state index contributed by atoms with van der Waals surface area (Å²) in [5.74, 6) is -1.62. The van der Waals surface area contributed by atoms with E-state index in [1.807, 2.05) is 18.2 Å². The summed E-state index contributed by atoms with van der Waals surface area (Å²) in [4.78, 5) is 24.5. The monoisotopic (exact) mass is 291 g/mol. The van der Waals surface area contributed by atoms with E-state index in [1.54, 1.807) is 42.5 Å². The lowest BCUT2D eigenvalue weighted by Crippen LogP contribution is -2.35. The molecular formula is C18H13NO3. The predicted octanol–water partition coefficient (Wildman–Crippen LogP) is 2.70. The summed E-state index contributed by atoms with van der Waals surface area (Å²) >= 11 is 0. The van der Waals surface area contributed by atoms with Gasteiger partial charge in [0.25, 0.3) is 5.91 Å². The standard InChI is InChI=1S/C18H13NO3/c20-16-14(11-12-7-3-1-4-8-12)19-18(22)15(17(16)21)13-9-5-2-6-10-13/h1-11,21H,(H,19,22)/b14-11-. The van der Waals surface area contributed by atoms with Crippen LogP contribution in [-0.2, 0) is 9.59 Å². The number of rotatable bonds is 2. The Balaban J connectivity index is 2.03. The maximum atomic E-state index is 12.3. The van der Waals surface area contributed by atoms with Crippen LogP contribution in [0.1, 0.15) is 11.1 Å². The summed E-state index contributed by atoms with van der Waals surface area (Å²) in [5.41, 5.74) is 1.33. The molecule has 4 heteroatoms. The van der Waals surface area contributed by atoms with Crippen LogP contribution in [0, 0.1) is 0 Å². The topological polar surface area (TPSA) is 66.4 Å². The molecule has 0 saturated carbocycles. The van der Waals surface area contributed by atoms with E-state index in [2.05, 4.69) is 5.32 Å². The Hall–Kier alpha value is -3.14. The molecule has 2 N–H and O–H groups in total. The lowest BCUT2D eigenvalue weighted by atomic mass is 9.97. The Labute approximate surface area is 127 Å². The third-order valence-corrected chi connectivity index (χ3v) is 3.34. The Kier molecular flexibility index (Phi) is 3.58. The highest BCUT2D eigenvalue weighted by atomic mass is 16.3. The first kappa shape index (κ1) is 13.8. The smallest absolute Gasteiger partial charge is 0.260 e. The van der Waals surface area contributed by atoms with Crippen LogP contribution in [0.2, 0.25) is 0 Å². The minimum Gasteiger partial charge on any atom is -0.503 e. The third kappa shape index (κ3) is 2.54. The van der Waals surface area contributed by atoms with Gasteiger partial charge in [-0.25, -0.2) is 0 Å². The van der Waals surface area contributed by atoms with Crippen molar-refractivity contribution < 1.29 is 14.7 Å². The van der Waals surface area contributed by atoms with Crippen LogP contribution in [0.25, 0.3) is 11.6 Å². The summed E-state index contributed by atoms with van der Waals surface area (Å²) in [6.07, 6.45) is 1.54. The molecule has 0 aliphatic carbocycles. The molecule has 22 heavy (non-hydrogen) atoms. The molecular weight excluding hydrogens is 278 g/mol. The maximum Gasteiger partial charge on any atom is 0.260 e. The predicted molar refractivity (Wildman–Crippen MR) is 83.6 cm³/mol. The van der Waals surface area contributed by atoms with E-state index in [1.165, 1.54) is 6.08 Å². The first-order chi connectivity index (χ1) is 10.7. The number of nitrogens with one attached hydrogen (secondary N) is 1. The van der Waals surface area contributed by atoms with E-state index in [0.29, 0.717) is 5.56 Å². The zero-order valence-corrected chi connectivity index (χ0v) is 11.6. The molecule has 0 atom stereocenters. The number of hydrogen-bond acceptors (Lipinski definition) is 3. The molecule has 0 bridgehead atoms. The Bertz CT molecular complexity index is 790. The molecule has 0 saturated heterocycles. The summed E-state index contributed by atoms with van der Waals surface area (Å²) in [7, 11) is 0. The molecule has 0 fully saturated rings. The molecule has 0 unspecified atom stereocenters.